The van der Waals surface area contributed by atoms with E-state index >= 15 is 0 Å². The normalized spacial score (nSPS) is 11.5. The highest BCUT2D eigenvalue weighted by Crippen LogP contribution is 2.37. The van der Waals surface area contributed by atoms with Crippen molar-refractivity contribution in [3.05, 3.63) is 22.7 Å². The van der Waals surface area contributed by atoms with Gasteiger partial charge < -0.3 is 19.9 Å². The van der Waals surface area contributed by atoms with E-state index in [1.54, 1.807) is 14.2 Å². The van der Waals surface area contributed by atoms with E-state index in [2.05, 4.69) is 5.32 Å². The smallest absolute Gasteiger partial charge is 0.179 e. The molecule has 0 aliphatic rings. The average molecular weight is 302 g/mol. The predicted octanol–water partition coefficient (Wildman–Crippen LogP) is 3.00. The van der Waals surface area contributed by atoms with E-state index in [0.29, 0.717) is 29.6 Å². The third-order valence-electron chi connectivity index (χ3n) is 3.65. The monoisotopic (exact) mass is 301 g/mol. The van der Waals surface area contributed by atoms with Crippen LogP contribution in [0.5, 0.6) is 11.5 Å². The highest BCUT2D eigenvalue weighted by Gasteiger charge is 2.21. The lowest BCUT2D eigenvalue weighted by Gasteiger charge is -2.25. The van der Waals surface area contributed by atoms with E-state index in [-0.39, 0.29) is 0 Å². The van der Waals surface area contributed by atoms with Crippen LogP contribution >= 0.6 is 11.6 Å². The molecular weight excluding hydrogens is 278 g/mol. The summed E-state index contributed by atoms with van der Waals surface area (Å²) in [6.45, 7) is 5.06. The lowest BCUT2D eigenvalue weighted by atomic mass is 9.97. The molecule has 0 heterocycles. The fourth-order valence-electron chi connectivity index (χ4n) is 2.00. The summed E-state index contributed by atoms with van der Waals surface area (Å²) in [6.07, 6.45) is 1.44. The van der Waals surface area contributed by atoms with E-state index in [4.69, 9.17) is 21.1 Å². The number of ether oxygens (including phenoxy) is 2. The third-order valence-corrected chi connectivity index (χ3v) is 4.07. The first-order valence-corrected chi connectivity index (χ1v) is 7.21. The van der Waals surface area contributed by atoms with Crippen molar-refractivity contribution in [2.45, 2.75) is 38.8 Å². The number of halogens is 1. The van der Waals surface area contributed by atoms with Gasteiger partial charge in [-0.25, -0.2) is 0 Å². The summed E-state index contributed by atoms with van der Waals surface area (Å²) >= 11 is 6.30. The maximum absolute atomic E-state index is 10.2. The van der Waals surface area contributed by atoms with Crippen LogP contribution in [0.15, 0.2) is 12.1 Å². The Balaban J connectivity index is 2.74. The summed E-state index contributed by atoms with van der Waals surface area (Å²) in [6, 6.07) is 3.72. The number of hydrogen-bond donors (Lipinski definition) is 2. The van der Waals surface area contributed by atoms with Crippen LogP contribution in [0, 0.1) is 0 Å². The fourth-order valence-corrected chi connectivity index (χ4v) is 2.30. The predicted molar refractivity (Wildman–Crippen MR) is 81.8 cm³/mol. The summed E-state index contributed by atoms with van der Waals surface area (Å²) < 4.78 is 10.5. The zero-order valence-electron chi connectivity index (χ0n) is 12.6. The van der Waals surface area contributed by atoms with Crippen LogP contribution in [0.25, 0.3) is 0 Å². The molecule has 4 nitrogen and oxygen atoms in total. The molecule has 2 N–H and O–H groups in total. The molecule has 0 radical (unpaired) electrons. The van der Waals surface area contributed by atoms with Crippen molar-refractivity contribution < 1.29 is 14.6 Å². The summed E-state index contributed by atoms with van der Waals surface area (Å²) in [4.78, 5) is 0. The van der Waals surface area contributed by atoms with Gasteiger partial charge in [-0.2, -0.15) is 0 Å². The second-order valence-corrected chi connectivity index (χ2v) is 5.19. The first-order chi connectivity index (χ1) is 9.51. The molecule has 0 bridgehead atoms. The van der Waals surface area contributed by atoms with Crippen molar-refractivity contribution in [2.24, 2.45) is 0 Å². The Hall–Kier alpha value is -0.970. The van der Waals surface area contributed by atoms with Gasteiger partial charge in [-0.3, -0.25) is 0 Å². The topological polar surface area (TPSA) is 50.7 Å². The molecule has 0 saturated heterocycles. The van der Waals surface area contributed by atoms with E-state index in [9.17, 15) is 5.11 Å². The van der Waals surface area contributed by atoms with E-state index in [1.165, 1.54) is 0 Å². The Morgan fingerprint density at radius 1 is 1.20 bits per heavy atom. The number of aliphatic hydroxyl groups is 1. The molecule has 1 rings (SSSR count). The molecule has 0 unspecified atom stereocenters. The minimum atomic E-state index is -0.664. The minimum Gasteiger partial charge on any atom is -0.493 e. The van der Waals surface area contributed by atoms with E-state index in [0.717, 1.165) is 18.4 Å². The maximum Gasteiger partial charge on any atom is 0.179 e. The van der Waals surface area contributed by atoms with Gasteiger partial charge in [0, 0.05) is 13.1 Å². The van der Waals surface area contributed by atoms with E-state index in [1.807, 2.05) is 26.0 Å². The fraction of sp³-hybridized carbons (Fsp3) is 0.600. The molecule has 1 aromatic rings. The Labute approximate surface area is 126 Å². The van der Waals surface area contributed by atoms with Gasteiger partial charge in [-0.15, -0.1) is 0 Å². The average Bonchev–Trinajstić information content (AvgIpc) is 2.48. The van der Waals surface area contributed by atoms with Gasteiger partial charge in [-0.05, 0) is 24.5 Å². The third kappa shape index (κ3) is 4.01. The van der Waals surface area contributed by atoms with Gasteiger partial charge in [-0.1, -0.05) is 31.5 Å². The van der Waals surface area contributed by atoms with Crippen molar-refractivity contribution in [3.8, 4) is 11.5 Å². The molecule has 0 aliphatic heterocycles. The Bertz CT molecular complexity index is 433. The van der Waals surface area contributed by atoms with Gasteiger partial charge in [0.15, 0.2) is 11.5 Å². The molecule has 0 amide bonds. The van der Waals surface area contributed by atoms with Gasteiger partial charge in [0.25, 0.3) is 0 Å². The summed E-state index contributed by atoms with van der Waals surface area (Å²) in [5.74, 6) is 1.15. The van der Waals surface area contributed by atoms with Crippen LogP contribution in [-0.4, -0.2) is 31.5 Å². The first kappa shape index (κ1) is 17.1. The summed E-state index contributed by atoms with van der Waals surface area (Å²) in [7, 11) is 3.14. The van der Waals surface area contributed by atoms with Gasteiger partial charge in [0.1, 0.15) is 0 Å². The van der Waals surface area contributed by atoms with Crippen LogP contribution in [-0.2, 0) is 6.54 Å². The van der Waals surface area contributed by atoms with Crippen molar-refractivity contribution in [3.63, 3.8) is 0 Å². The molecule has 0 aliphatic carbocycles. The van der Waals surface area contributed by atoms with Crippen molar-refractivity contribution in [1.82, 2.24) is 5.32 Å². The maximum atomic E-state index is 10.2. The summed E-state index contributed by atoms with van der Waals surface area (Å²) in [5, 5.41) is 14.0. The Morgan fingerprint density at radius 2 is 1.85 bits per heavy atom. The quantitative estimate of drug-likeness (QED) is 0.775. The van der Waals surface area contributed by atoms with Gasteiger partial charge in [0.05, 0.1) is 24.8 Å². The molecule has 114 valence electrons. The Kier molecular flexibility index (Phi) is 6.59. The lowest BCUT2D eigenvalue weighted by Crippen LogP contribution is -2.39. The first-order valence-electron chi connectivity index (χ1n) is 6.83. The number of nitrogens with one attached hydrogen (secondary N) is 1. The zero-order chi connectivity index (χ0) is 15.2. The largest absolute Gasteiger partial charge is 0.493 e. The second kappa shape index (κ2) is 7.72. The highest BCUT2D eigenvalue weighted by molar-refractivity contribution is 6.33. The SMILES string of the molecule is CCC(O)(CC)CNCc1ccc(OC)c(OC)c1Cl. The second-order valence-electron chi connectivity index (χ2n) is 4.81. The number of rotatable bonds is 8. The highest BCUT2D eigenvalue weighted by atomic mass is 35.5. The van der Waals surface area contributed by atoms with Crippen molar-refractivity contribution >= 4 is 11.6 Å². The standard InChI is InChI=1S/C15H24ClNO3/c1-5-15(18,6-2)10-17-9-11-7-8-12(19-3)14(20-4)13(11)16/h7-8,17-18H,5-6,9-10H2,1-4H3. The van der Waals surface area contributed by atoms with Crippen LogP contribution in [0.4, 0.5) is 0 Å². The van der Waals surface area contributed by atoms with Crippen LogP contribution in [0.2, 0.25) is 5.02 Å². The zero-order valence-corrected chi connectivity index (χ0v) is 13.4. The number of hydrogen-bond acceptors (Lipinski definition) is 4. The number of benzene rings is 1. The van der Waals surface area contributed by atoms with Crippen LogP contribution in [0.1, 0.15) is 32.3 Å². The van der Waals surface area contributed by atoms with E-state index < -0.39 is 5.60 Å². The van der Waals surface area contributed by atoms with Gasteiger partial charge in [0.2, 0.25) is 0 Å². The molecule has 0 spiro atoms. The van der Waals surface area contributed by atoms with Gasteiger partial charge >= 0.3 is 0 Å². The Morgan fingerprint density at radius 3 is 2.35 bits per heavy atom. The lowest BCUT2D eigenvalue weighted by molar-refractivity contribution is 0.0323. The van der Waals surface area contributed by atoms with Crippen molar-refractivity contribution in [2.75, 3.05) is 20.8 Å². The van der Waals surface area contributed by atoms with Crippen molar-refractivity contribution in [1.29, 1.82) is 0 Å². The molecular formula is C15H24ClNO3. The minimum absolute atomic E-state index is 0.532. The molecule has 20 heavy (non-hydrogen) atoms. The number of methoxy groups -OCH3 is 2. The summed E-state index contributed by atoms with van der Waals surface area (Å²) in [5.41, 5.74) is 0.252. The molecule has 5 heteroatoms. The van der Waals surface area contributed by atoms with Crippen LogP contribution in [0.3, 0.4) is 0 Å². The van der Waals surface area contributed by atoms with Crippen LogP contribution < -0.4 is 14.8 Å². The molecule has 0 aromatic heterocycles. The molecule has 0 fully saturated rings. The molecule has 0 saturated carbocycles. The molecule has 1 aromatic carbocycles. The molecule has 0 atom stereocenters.